The summed E-state index contributed by atoms with van der Waals surface area (Å²) in [5.41, 5.74) is 0. The van der Waals surface area contributed by atoms with E-state index in [0.29, 0.717) is 0 Å². The van der Waals surface area contributed by atoms with Gasteiger partial charge in [0.05, 0.1) is 0 Å². The van der Waals surface area contributed by atoms with Crippen LogP contribution in [0, 0.1) is 0 Å². The van der Waals surface area contributed by atoms with Crippen LogP contribution in [0.15, 0.2) is 10.9 Å². The predicted molar refractivity (Wildman–Crippen MR) is 92.9 cm³/mol. The lowest BCUT2D eigenvalue weighted by Crippen LogP contribution is -1.88. The largest absolute Gasteiger partial charge is 0.343 e. The molecule has 0 aliphatic heterocycles. The Morgan fingerprint density at radius 3 is 1.55 bits per heavy atom. The van der Waals surface area contributed by atoms with E-state index in [9.17, 15) is 0 Å². The van der Waals surface area contributed by atoms with Gasteiger partial charge in [-0.1, -0.05) is 102 Å². The summed E-state index contributed by atoms with van der Waals surface area (Å²) in [6, 6.07) is 0. The van der Waals surface area contributed by atoms with Crippen molar-refractivity contribution in [2.45, 2.75) is 110 Å². The highest BCUT2D eigenvalue weighted by Gasteiger charge is 1.98. The Hall–Kier alpha value is -0.860. The zero-order chi connectivity index (χ0) is 15.7. The van der Waals surface area contributed by atoms with Gasteiger partial charge in [0.25, 0.3) is 0 Å². The van der Waals surface area contributed by atoms with E-state index in [1.54, 1.807) is 0 Å². The summed E-state index contributed by atoms with van der Waals surface area (Å²) in [5, 5.41) is 3.83. The molecule has 0 radical (unpaired) electrons. The van der Waals surface area contributed by atoms with Crippen LogP contribution in [0.4, 0.5) is 0 Å². The fraction of sp³-hybridized carbons (Fsp3) is 0.895. The molecule has 0 spiro atoms. The number of rotatable bonds is 16. The minimum atomic E-state index is 0.856. The smallest absolute Gasteiger partial charge is 0.213 e. The van der Waals surface area contributed by atoms with Gasteiger partial charge in [0.2, 0.25) is 6.39 Å². The molecule has 1 aromatic heterocycles. The summed E-state index contributed by atoms with van der Waals surface area (Å²) in [7, 11) is 0. The van der Waals surface area contributed by atoms with Crippen LogP contribution in [-0.2, 0) is 6.42 Å². The second-order valence-corrected chi connectivity index (χ2v) is 6.55. The highest BCUT2D eigenvalue weighted by molar-refractivity contribution is 4.76. The molecule has 3 nitrogen and oxygen atoms in total. The minimum Gasteiger partial charge on any atom is -0.343 e. The van der Waals surface area contributed by atoms with E-state index in [0.717, 1.165) is 12.2 Å². The first-order chi connectivity index (χ1) is 10.9. The van der Waals surface area contributed by atoms with Gasteiger partial charge in [0, 0.05) is 6.42 Å². The summed E-state index contributed by atoms with van der Waals surface area (Å²) >= 11 is 0. The number of hydrogen-bond donors (Lipinski definition) is 0. The third kappa shape index (κ3) is 11.8. The van der Waals surface area contributed by atoms with Crippen molar-refractivity contribution in [1.82, 2.24) is 10.1 Å². The maximum Gasteiger partial charge on any atom is 0.213 e. The normalized spacial score (nSPS) is 11.1. The van der Waals surface area contributed by atoms with Gasteiger partial charge in [0.15, 0.2) is 5.82 Å². The standard InChI is InChI=1S/C19H36N2O/c1-2-3-4-5-6-7-8-9-10-11-12-13-14-15-16-17-19-20-18-22-21-19/h18H,2-17H2,1H3. The van der Waals surface area contributed by atoms with Gasteiger partial charge in [0.1, 0.15) is 0 Å². The summed E-state index contributed by atoms with van der Waals surface area (Å²) in [6.45, 7) is 2.29. The van der Waals surface area contributed by atoms with Crippen molar-refractivity contribution in [3.63, 3.8) is 0 Å². The lowest BCUT2D eigenvalue weighted by Gasteiger charge is -2.03. The van der Waals surface area contributed by atoms with Gasteiger partial charge in [-0.05, 0) is 6.42 Å². The molecule has 0 saturated heterocycles. The Morgan fingerprint density at radius 2 is 1.14 bits per heavy atom. The van der Waals surface area contributed by atoms with Crippen molar-refractivity contribution >= 4 is 0 Å². The highest BCUT2D eigenvalue weighted by atomic mass is 16.5. The van der Waals surface area contributed by atoms with Gasteiger partial charge in [-0.3, -0.25) is 0 Å². The third-order valence-corrected chi connectivity index (χ3v) is 4.41. The van der Waals surface area contributed by atoms with Gasteiger partial charge in [-0.15, -0.1) is 0 Å². The molecule has 0 bridgehead atoms. The van der Waals surface area contributed by atoms with Crippen LogP contribution in [0.1, 0.15) is 109 Å². The molecule has 0 saturated carbocycles. The first kappa shape index (κ1) is 19.2. The molecule has 0 amide bonds. The van der Waals surface area contributed by atoms with Crippen LogP contribution in [0.25, 0.3) is 0 Å². The zero-order valence-electron chi connectivity index (χ0n) is 14.7. The Kier molecular flexibility index (Phi) is 13.1. The molecular formula is C19H36N2O. The quantitative estimate of drug-likeness (QED) is 0.328. The van der Waals surface area contributed by atoms with Crippen LogP contribution in [0.2, 0.25) is 0 Å². The molecule has 0 aromatic carbocycles. The average molecular weight is 309 g/mol. The summed E-state index contributed by atoms with van der Waals surface area (Å²) in [6.07, 6.45) is 23.4. The molecule has 3 heteroatoms. The maximum atomic E-state index is 4.73. The van der Waals surface area contributed by atoms with Crippen LogP contribution in [-0.4, -0.2) is 10.1 Å². The molecule has 22 heavy (non-hydrogen) atoms. The first-order valence-corrected chi connectivity index (χ1v) is 9.68. The number of nitrogens with zero attached hydrogens (tertiary/aromatic N) is 2. The van der Waals surface area contributed by atoms with Crippen LogP contribution >= 0.6 is 0 Å². The molecule has 1 heterocycles. The lowest BCUT2D eigenvalue weighted by atomic mass is 10.0. The molecular weight excluding hydrogens is 272 g/mol. The number of hydrogen-bond acceptors (Lipinski definition) is 3. The Bertz CT molecular complexity index is 311. The number of aryl methyl sites for hydroxylation is 1. The fourth-order valence-electron chi connectivity index (χ4n) is 2.96. The zero-order valence-corrected chi connectivity index (χ0v) is 14.7. The maximum absolute atomic E-state index is 4.73. The van der Waals surface area contributed by atoms with Gasteiger partial charge < -0.3 is 4.52 Å². The summed E-state index contributed by atoms with van der Waals surface area (Å²) < 4.78 is 4.73. The molecule has 0 atom stereocenters. The van der Waals surface area contributed by atoms with E-state index in [1.165, 1.54) is 103 Å². The van der Waals surface area contributed by atoms with E-state index in [-0.39, 0.29) is 0 Å². The molecule has 0 N–H and O–H groups in total. The molecule has 0 aliphatic rings. The highest BCUT2D eigenvalue weighted by Crippen LogP contribution is 2.13. The van der Waals surface area contributed by atoms with Gasteiger partial charge in [-0.25, -0.2) is 0 Å². The second-order valence-electron chi connectivity index (χ2n) is 6.55. The van der Waals surface area contributed by atoms with Crippen LogP contribution < -0.4 is 0 Å². The van der Waals surface area contributed by atoms with E-state index in [1.807, 2.05) is 0 Å². The number of unbranched alkanes of at least 4 members (excludes halogenated alkanes) is 14. The first-order valence-electron chi connectivity index (χ1n) is 9.68. The van der Waals surface area contributed by atoms with Crippen LogP contribution in [0.5, 0.6) is 0 Å². The monoisotopic (exact) mass is 308 g/mol. The average Bonchev–Trinajstić information content (AvgIpc) is 3.04. The van der Waals surface area contributed by atoms with Crippen molar-refractivity contribution in [2.75, 3.05) is 0 Å². The van der Waals surface area contributed by atoms with Crippen molar-refractivity contribution in [3.8, 4) is 0 Å². The summed E-state index contributed by atoms with van der Waals surface area (Å²) in [5.74, 6) is 0.856. The minimum absolute atomic E-state index is 0.856. The Morgan fingerprint density at radius 1 is 0.682 bits per heavy atom. The number of aromatic nitrogens is 2. The topological polar surface area (TPSA) is 38.9 Å². The third-order valence-electron chi connectivity index (χ3n) is 4.41. The Labute approximate surface area is 137 Å². The van der Waals surface area contributed by atoms with Crippen molar-refractivity contribution in [2.24, 2.45) is 0 Å². The van der Waals surface area contributed by atoms with Crippen molar-refractivity contribution < 1.29 is 4.52 Å². The van der Waals surface area contributed by atoms with Crippen molar-refractivity contribution in [1.29, 1.82) is 0 Å². The van der Waals surface area contributed by atoms with E-state index in [2.05, 4.69) is 17.1 Å². The van der Waals surface area contributed by atoms with E-state index < -0.39 is 0 Å². The second kappa shape index (κ2) is 15.1. The van der Waals surface area contributed by atoms with E-state index >= 15 is 0 Å². The lowest BCUT2D eigenvalue weighted by molar-refractivity contribution is 0.408. The fourth-order valence-corrected chi connectivity index (χ4v) is 2.96. The molecule has 0 unspecified atom stereocenters. The molecule has 0 fully saturated rings. The molecule has 0 aliphatic carbocycles. The molecule has 1 aromatic rings. The SMILES string of the molecule is CCCCCCCCCCCCCCCCCc1ncon1. The molecule has 128 valence electrons. The van der Waals surface area contributed by atoms with Crippen LogP contribution in [0.3, 0.4) is 0 Å². The predicted octanol–water partition coefficient (Wildman–Crippen LogP) is 6.48. The van der Waals surface area contributed by atoms with E-state index in [4.69, 9.17) is 4.52 Å². The van der Waals surface area contributed by atoms with Gasteiger partial charge in [-0.2, -0.15) is 4.98 Å². The summed E-state index contributed by atoms with van der Waals surface area (Å²) in [4.78, 5) is 4.04. The molecule has 1 rings (SSSR count). The van der Waals surface area contributed by atoms with Crippen molar-refractivity contribution in [3.05, 3.63) is 12.2 Å². The van der Waals surface area contributed by atoms with Gasteiger partial charge >= 0.3 is 0 Å². The Balaban J connectivity index is 1.68.